The van der Waals surface area contributed by atoms with Crippen molar-refractivity contribution in [2.75, 3.05) is 27.2 Å². The lowest BCUT2D eigenvalue weighted by Gasteiger charge is -2.33. The first kappa shape index (κ1) is 13.9. The van der Waals surface area contributed by atoms with Crippen LogP contribution in [0.4, 0.5) is 0 Å². The Bertz CT molecular complexity index is 430. The molecule has 0 amide bonds. The SMILES string of the molecule is COc1ccc(C(C(=O)O)C2CCCN(C)C2)cc1. The predicted molar refractivity (Wildman–Crippen MR) is 73.6 cm³/mol. The third kappa shape index (κ3) is 3.26. The highest BCUT2D eigenvalue weighted by molar-refractivity contribution is 5.76. The van der Waals surface area contributed by atoms with Crippen LogP contribution in [0.5, 0.6) is 5.75 Å². The van der Waals surface area contributed by atoms with Gasteiger partial charge in [-0.3, -0.25) is 4.79 Å². The lowest BCUT2D eigenvalue weighted by atomic mass is 9.81. The molecular formula is C15H21NO3. The highest BCUT2D eigenvalue weighted by Crippen LogP contribution is 2.32. The third-order valence-corrected chi connectivity index (χ3v) is 3.87. The molecule has 2 rings (SSSR count). The lowest BCUT2D eigenvalue weighted by Crippen LogP contribution is -2.37. The van der Waals surface area contributed by atoms with Crippen LogP contribution in [0.15, 0.2) is 24.3 Å². The molecule has 19 heavy (non-hydrogen) atoms. The monoisotopic (exact) mass is 263 g/mol. The van der Waals surface area contributed by atoms with Crippen LogP contribution in [0.25, 0.3) is 0 Å². The maximum Gasteiger partial charge on any atom is 0.311 e. The van der Waals surface area contributed by atoms with Gasteiger partial charge in [-0.05, 0) is 50.0 Å². The molecule has 1 heterocycles. The van der Waals surface area contributed by atoms with Crippen molar-refractivity contribution in [1.82, 2.24) is 4.90 Å². The van der Waals surface area contributed by atoms with E-state index in [4.69, 9.17) is 4.74 Å². The molecule has 0 bridgehead atoms. The number of carboxylic acids is 1. The Hall–Kier alpha value is -1.55. The van der Waals surface area contributed by atoms with Crippen LogP contribution in [-0.4, -0.2) is 43.2 Å². The van der Waals surface area contributed by atoms with E-state index >= 15 is 0 Å². The number of aliphatic carboxylic acids is 1. The molecule has 1 aliphatic heterocycles. The Morgan fingerprint density at radius 3 is 2.63 bits per heavy atom. The minimum absolute atomic E-state index is 0.185. The largest absolute Gasteiger partial charge is 0.497 e. The number of methoxy groups -OCH3 is 1. The molecule has 1 aromatic carbocycles. The minimum Gasteiger partial charge on any atom is -0.497 e. The summed E-state index contributed by atoms with van der Waals surface area (Å²) in [7, 11) is 3.67. The molecular weight excluding hydrogens is 242 g/mol. The van der Waals surface area contributed by atoms with Crippen LogP contribution in [-0.2, 0) is 4.79 Å². The van der Waals surface area contributed by atoms with E-state index in [1.165, 1.54) is 0 Å². The quantitative estimate of drug-likeness (QED) is 0.905. The number of hydrogen-bond acceptors (Lipinski definition) is 3. The van der Waals surface area contributed by atoms with Crippen molar-refractivity contribution in [3.05, 3.63) is 29.8 Å². The van der Waals surface area contributed by atoms with Gasteiger partial charge in [-0.25, -0.2) is 0 Å². The van der Waals surface area contributed by atoms with Gasteiger partial charge in [0, 0.05) is 6.54 Å². The average molecular weight is 263 g/mol. The number of ether oxygens (including phenoxy) is 1. The zero-order chi connectivity index (χ0) is 13.8. The van der Waals surface area contributed by atoms with Crippen LogP contribution < -0.4 is 4.74 Å². The first-order valence-corrected chi connectivity index (χ1v) is 6.67. The van der Waals surface area contributed by atoms with Crippen LogP contribution in [0, 0.1) is 5.92 Å². The van der Waals surface area contributed by atoms with Gasteiger partial charge in [0.15, 0.2) is 0 Å². The van der Waals surface area contributed by atoms with Crippen molar-refractivity contribution in [2.45, 2.75) is 18.8 Å². The number of likely N-dealkylation sites (tertiary alicyclic amines) is 1. The molecule has 1 aliphatic rings. The summed E-state index contributed by atoms with van der Waals surface area (Å²) in [5.41, 5.74) is 0.869. The number of carboxylic acid groups (broad SMARTS) is 1. The molecule has 0 aromatic heterocycles. The maximum atomic E-state index is 11.6. The molecule has 0 aliphatic carbocycles. The van der Waals surface area contributed by atoms with Gasteiger partial charge in [0.2, 0.25) is 0 Å². The molecule has 0 radical (unpaired) electrons. The highest BCUT2D eigenvalue weighted by Gasteiger charge is 2.32. The molecule has 0 saturated carbocycles. The number of rotatable bonds is 4. The van der Waals surface area contributed by atoms with E-state index in [1.807, 2.05) is 24.3 Å². The fourth-order valence-electron chi connectivity index (χ4n) is 2.91. The summed E-state index contributed by atoms with van der Waals surface area (Å²) in [6.07, 6.45) is 2.05. The number of nitrogens with zero attached hydrogens (tertiary/aromatic N) is 1. The summed E-state index contributed by atoms with van der Waals surface area (Å²) in [5.74, 6) is -0.211. The van der Waals surface area contributed by atoms with Gasteiger partial charge >= 0.3 is 5.97 Å². The standard InChI is InChI=1S/C15H21NO3/c1-16-9-3-4-12(10-16)14(15(17)18)11-5-7-13(19-2)8-6-11/h5-8,12,14H,3-4,9-10H2,1-2H3,(H,17,18). The molecule has 4 heteroatoms. The molecule has 1 N–H and O–H groups in total. The van der Waals surface area contributed by atoms with Gasteiger partial charge in [-0.15, -0.1) is 0 Å². The Kier molecular flexibility index (Phi) is 4.43. The van der Waals surface area contributed by atoms with Crippen molar-refractivity contribution in [3.63, 3.8) is 0 Å². The van der Waals surface area contributed by atoms with E-state index < -0.39 is 11.9 Å². The minimum atomic E-state index is -0.731. The van der Waals surface area contributed by atoms with Crippen molar-refractivity contribution in [2.24, 2.45) is 5.92 Å². The first-order chi connectivity index (χ1) is 9.11. The van der Waals surface area contributed by atoms with Crippen molar-refractivity contribution in [1.29, 1.82) is 0 Å². The molecule has 2 atom stereocenters. The number of hydrogen-bond donors (Lipinski definition) is 1. The Balaban J connectivity index is 2.21. The van der Waals surface area contributed by atoms with E-state index in [1.54, 1.807) is 7.11 Å². The Morgan fingerprint density at radius 1 is 1.42 bits per heavy atom. The van der Waals surface area contributed by atoms with Gasteiger partial charge in [0.25, 0.3) is 0 Å². The second-order valence-corrected chi connectivity index (χ2v) is 5.25. The smallest absolute Gasteiger partial charge is 0.311 e. The fourth-order valence-corrected chi connectivity index (χ4v) is 2.91. The average Bonchev–Trinajstić information content (AvgIpc) is 2.39. The Labute approximate surface area is 114 Å². The van der Waals surface area contributed by atoms with Crippen molar-refractivity contribution in [3.8, 4) is 5.75 Å². The van der Waals surface area contributed by atoms with E-state index in [0.29, 0.717) is 0 Å². The molecule has 2 unspecified atom stereocenters. The topological polar surface area (TPSA) is 49.8 Å². The maximum absolute atomic E-state index is 11.6. The number of benzene rings is 1. The second kappa shape index (κ2) is 6.06. The van der Waals surface area contributed by atoms with E-state index in [2.05, 4.69) is 11.9 Å². The van der Waals surface area contributed by atoms with Crippen LogP contribution in [0.2, 0.25) is 0 Å². The zero-order valence-electron chi connectivity index (χ0n) is 11.5. The second-order valence-electron chi connectivity index (χ2n) is 5.25. The molecule has 4 nitrogen and oxygen atoms in total. The van der Waals surface area contributed by atoms with Crippen LogP contribution in [0.1, 0.15) is 24.3 Å². The summed E-state index contributed by atoms with van der Waals surface area (Å²) in [5, 5.41) is 9.54. The molecule has 1 fully saturated rings. The summed E-state index contributed by atoms with van der Waals surface area (Å²) >= 11 is 0. The molecule has 1 aromatic rings. The van der Waals surface area contributed by atoms with E-state index in [0.717, 1.165) is 37.2 Å². The normalized spacial score (nSPS) is 21.9. The molecule has 1 saturated heterocycles. The van der Waals surface area contributed by atoms with Crippen molar-refractivity contribution < 1.29 is 14.6 Å². The van der Waals surface area contributed by atoms with Gasteiger partial charge in [-0.1, -0.05) is 12.1 Å². The molecule has 0 spiro atoms. The highest BCUT2D eigenvalue weighted by atomic mass is 16.5. The van der Waals surface area contributed by atoms with Gasteiger partial charge in [0.1, 0.15) is 5.75 Å². The van der Waals surface area contributed by atoms with Gasteiger partial charge in [-0.2, -0.15) is 0 Å². The lowest BCUT2D eigenvalue weighted by molar-refractivity contribution is -0.140. The Morgan fingerprint density at radius 2 is 2.11 bits per heavy atom. The summed E-state index contributed by atoms with van der Waals surface area (Å²) in [6, 6.07) is 7.40. The number of piperidine rings is 1. The van der Waals surface area contributed by atoms with Crippen LogP contribution in [0.3, 0.4) is 0 Å². The van der Waals surface area contributed by atoms with Gasteiger partial charge < -0.3 is 14.7 Å². The van der Waals surface area contributed by atoms with Gasteiger partial charge in [0.05, 0.1) is 13.0 Å². The summed E-state index contributed by atoms with van der Waals surface area (Å²) < 4.78 is 5.12. The predicted octanol–water partition coefficient (Wildman–Crippen LogP) is 2.21. The summed E-state index contributed by atoms with van der Waals surface area (Å²) in [4.78, 5) is 13.8. The summed E-state index contributed by atoms with van der Waals surface area (Å²) in [6.45, 7) is 1.91. The van der Waals surface area contributed by atoms with Crippen molar-refractivity contribution >= 4 is 5.97 Å². The molecule has 104 valence electrons. The third-order valence-electron chi connectivity index (χ3n) is 3.87. The van der Waals surface area contributed by atoms with E-state index in [-0.39, 0.29) is 5.92 Å². The van der Waals surface area contributed by atoms with Crippen LogP contribution >= 0.6 is 0 Å². The fraction of sp³-hybridized carbons (Fsp3) is 0.533. The number of carbonyl (C=O) groups is 1. The van der Waals surface area contributed by atoms with E-state index in [9.17, 15) is 9.90 Å². The zero-order valence-corrected chi connectivity index (χ0v) is 11.5. The first-order valence-electron chi connectivity index (χ1n) is 6.67.